The van der Waals surface area contributed by atoms with Crippen molar-refractivity contribution in [3.05, 3.63) is 11.9 Å². The molecular weight excluding hydrogens is 289 g/mol. The van der Waals surface area contributed by atoms with Crippen LogP contribution in [0.3, 0.4) is 0 Å². The molecule has 2 heterocycles. The van der Waals surface area contributed by atoms with Gasteiger partial charge in [-0.15, -0.1) is 5.10 Å². The van der Waals surface area contributed by atoms with Gasteiger partial charge in [0.25, 0.3) is 0 Å². The Labute approximate surface area is 139 Å². The van der Waals surface area contributed by atoms with Gasteiger partial charge in [0.2, 0.25) is 0 Å². The zero-order valence-corrected chi connectivity index (χ0v) is 14.8. The first-order valence-corrected chi connectivity index (χ1v) is 9.09. The molecule has 23 heavy (non-hydrogen) atoms. The molecule has 0 spiro atoms. The van der Waals surface area contributed by atoms with E-state index in [2.05, 4.69) is 44.2 Å². The molecular formula is C17H28BN3O2. The van der Waals surface area contributed by atoms with E-state index < -0.39 is 0 Å². The summed E-state index contributed by atoms with van der Waals surface area (Å²) in [5.74, 6) is 0.775. The van der Waals surface area contributed by atoms with Crippen LogP contribution in [-0.2, 0) is 21.2 Å². The molecule has 1 saturated heterocycles. The predicted octanol–water partition coefficient (Wildman–Crippen LogP) is 3.13. The predicted molar refractivity (Wildman–Crippen MR) is 89.0 cm³/mol. The molecule has 126 valence electrons. The van der Waals surface area contributed by atoms with Crippen LogP contribution < -0.4 is 0 Å². The normalized spacial score (nSPS) is 28.4. The average Bonchev–Trinajstić information content (AvgIpc) is 2.82. The molecule has 0 radical (unpaired) electrons. The van der Waals surface area contributed by atoms with E-state index in [0.29, 0.717) is 0 Å². The summed E-state index contributed by atoms with van der Waals surface area (Å²) < 4.78 is 14.6. The van der Waals surface area contributed by atoms with Crippen molar-refractivity contribution in [1.82, 2.24) is 15.0 Å². The van der Waals surface area contributed by atoms with Crippen molar-refractivity contribution >= 4 is 7.12 Å². The number of rotatable bonds is 4. The van der Waals surface area contributed by atoms with Crippen LogP contribution in [0.4, 0.5) is 0 Å². The van der Waals surface area contributed by atoms with Gasteiger partial charge in [-0.25, -0.2) is 0 Å². The monoisotopic (exact) mass is 317 g/mol. The largest absolute Gasteiger partial charge is 0.470 e. The van der Waals surface area contributed by atoms with E-state index in [1.54, 1.807) is 0 Å². The van der Waals surface area contributed by atoms with Gasteiger partial charge in [0.1, 0.15) is 0 Å². The van der Waals surface area contributed by atoms with Crippen LogP contribution >= 0.6 is 0 Å². The minimum absolute atomic E-state index is 0.0844. The lowest BCUT2D eigenvalue weighted by molar-refractivity contribution is 0.00578. The summed E-state index contributed by atoms with van der Waals surface area (Å²) in [5.41, 5.74) is 0.481. The summed E-state index contributed by atoms with van der Waals surface area (Å²) in [7, 11) is -0.205. The number of nitrogens with zero attached hydrogens (tertiary/aromatic N) is 3. The van der Waals surface area contributed by atoms with E-state index in [0.717, 1.165) is 31.0 Å². The van der Waals surface area contributed by atoms with Gasteiger partial charge in [-0.05, 0) is 59.3 Å². The number of aromatic nitrogens is 3. The maximum Gasteiger partial charge on any atom is 0.470 e. The van der Waals surface area contributed by atoms with E-state index in [1.165, 1.54) is 25.7 Å². The Bertz CT molecular complexity index is 572. The van der Waals surface area contributed by atoms with Crippen LogP contribution in [-0.4, -0.2) is 33.3 Å². The van der Waals surface area contributed by atoms with Gasteiger partial charge in [-0.2, -0.15) is 0 Å². The maximum absolute atomic E-state index is 6.29. The zero-order valence-electron chi connectivity index (χ0n) is 14.8. The lowest BCUT2D eigenvalue weighted by atomic mass is 9.66. The molecule has 2 aliphatic carbocycles. The maximum atomic E-state index is 6.29. The molecule has 0 N–H and O–H groups in total. The Morgan fingerprint density at radius 3 is 2.30 bits per heavy atom. The smallest absolute Gasteiger partial charge is 0.403 e. The zero-order chi connectivity index (χ0) is 16.3. The standard InChI is InChI=1S/C17H28BN3O2/c1-15(2)16(3,4)23-18(22-15)17(9-10-17)14-12-21(20-19-14)11-13-7-5-6-8-13/h12-13H,5-11H2,1-4H3. The third kappa shape index (κ3) is 2.54. The molecule has 5 nitrogen and oxygen atoms in total. The van der Waals surface area contributed by atoms with Gasteiger partial charge in [0.05, 0.1) is 22.2 Å². The Hall–Kier alpha value is -0.875. The fourth-order valence-corrected chi connectivity index (χ4v) is 3.89. The highest BCUT2D eigenvalue weighted by atomic mass is 16.7. The average molecular weight is 317 g/mol. The molecule has 1 aliphatic heterocycles. The van der Waals surface area contributed by atoms with E-state index in [1.807, 2.05) is 4.68 Å². The van der Waals surface area contributed by atoms with E-state index in [9.17, 15) is 0 Å². The molecule has 0 bridgehead atoms. The van der Waals surface area contributed by atoms with Crippen LogP contribution in [0.25, 0.3) is 0 Å². The van der Waals surface area contributed by atoms with E-state index in [4.69, 9.17) is 9.31 Å². The Morgan fingerprint density at radius 1 is 1.13 bits per heavy atom. The molecule has 0 amide bonds. The second kappa shape index (κ2) is 5.06. The molecule has 1 aromatic rings. The molecule has 4 rings (SSSR count). The van der Waals surface area contributed by atoms with Crippen LogP contribution in [0.15, 0.2) is 6.20 Å². The van der Waals surface area contributed by atoms with Crippen molar-refractivity contribution in [2.45, 2.75) is 89.3 Å². The van der Waals surface area contributed by atoms with Crippen molar-refractivity contribution in [2.75, 3.05) is 0 Å². The third-order valence-corrected chi connectivity index (χ3v) is 6.46. The van der Waals surface area contributed by atoms with Crippen molar-refractivity contribution < 1.29 is 9.31 Å². The molecule has 0 unspecified atom stereocenters. The summed E-state index contributed by atoms with van der Waals surface area (Å²) in [6, 6.07) is 0. The first-order valence-electron chi connectivity index (χ1n) is 9.09. The second-order valence-corrected chi connectivity index (χ2v) is 8.72. The molecule has 1 aromatic heterocycles. The fraction of sp³-hybridized carbons (Fsp3) is 0.882. The molecule has 2 saturated carbocycles. The Kier molecular flexibility index (Phi) is 3.44. The summed E-state index contributed by atoms with van der Waals surface area (Å²) in [6.07, 6.45) is 9.68. The van der Waals surface area contributed by atoms with Crippen molar-refractivity contribution in [3.63, 3.8) is 0 Å². The van der Waals surface area contributed by atoms with Gasteiger partial charge in [0, 0.05) is 12.7 Å². The Balaban J connectivity index is 1.50. The first kappa shape index (κ1) is 15.6. The van der Waals surface area contributed by atoms with Gasteiger partial charge < -0.3 is 9.31 Å². The van der Waals surface area contributed by atoms with Crippen molar-refractivity contribution in [2.24, 2.45) is 5.92 Å². The van der Waals surface area contributed by atoms with Gasteiger partial charge >= 0.3 is 7.12 Å². The molecule has 3 fully saturated rings. The lowest BCUT2D eigenvalue weighted by Gasteiger charge is -2.32. The van der Waals surface area contributed by atoms with Crippen molar-refractivity contribution in [3.8, 4) is 0 Å². The van der Waals surface area contributed by atoms with E-state index >= 15 is 0 Å². The van der Waals surface area contributed by atoms with Crippen LogP contribution in [0.1, 0.15) is 71.9 Å². The van der Waals surface area contributed by atoms with Crippen LogP contribution in [0.2, 0.25) is 0 Å². The summed E-state index contributed by atoms with van der Waals surface area (Å²) in [4.78, 5) is 0. The van der Waals surface area contributed by atoms with Crippen LogP contribution in [0, 0.1) is 5.92 Å². The van der Waals surface area contributed by atoms with Crippen LogP contribution in [0.5, 0.6) is 0 Å². The number of hydrogen-bond acceptors (Lipinski definition) is 4. The highest BCUT2D eigenvalue weighted by Crippen LogP contribution is 2.54. The van der Waals surface area contributed by atoms with Gasteiger partial charge in [-0.3, -0.25) is 4.68 Å². The lowest BCUT2D eigenvalue weighted by Crippen LogP contribution is -2.41. The second-order valence-electron chi connectivity index (χ2n) is 8.72. The minimum atomic E-state index is -0.285. The van der Waals surface area contributed by atoms with E-state index in [-0.39, 0.29) is 23.6 Å². The summed E-state index contributed by atoms with van der Waals surface area (Å²) in [5, 5.41) is 8.79. The van der Waals surface area contributed by atoms with Crippen molar-refractivity contribution in [1.29, 1.82) is 0 Å². The van der Waals surface area contributed by atoms with Gasteiger partial charge in [-0.1, -0.05) is 18.1 Å². The fourth-order valence-electron chi connectivity index (χ4n) is 3.89. The summed E-state index contributed by atoms with van der Waals surface area (Å²) in [6.45, 7) is 9.45. The molecule has 6 heteroatoms. The van der Waals surface area contributed by atoms with Gasteiger partial charge in [0.15, 0.2) is 0 Å². The third-order valence-electron chi connectivity index (χ3n) is 6.46. The topological polar surface area (TPSA) is 49.2 Å². The minimum Gasteiger partial charge on any atom is -0.403 e. The molecule has 0 aromatic carbocycles. The molecule has 0 atom stereocenters. The molecule has 3 aliphatic rings. The first-order chi connectivity index (χ1) is 10.8. The Morgan fingerprint density at radius 2 is 1.74 bits per heavy atom. The SMILES string of the molecule is CC1(C)OB(C2(c3cn(CC4CCCC4)nn3)CC2)OC1(C)C. The highest BCUT2D eigenvalue weighted by Gasteiger charge is 2.66. The summed E-state index contributed by atoms with van der Waals surface area (Å²) >= 11 is 0. The number of hydrogen-bond donors (Lipinski definition) is 0. The quantitative estimate of drug-likeness (QED) is 0.801. The highest BCUT2D eigenvalue weighted by molar-refractivity contribution is 6.51.